The van der Waals surface area contributed by atoms with Crippen molar-refractivity contribution >= 4 is 21.6 Å². The zero-order chi connectivity index (χ0) is 22.8. The fourth-order valence-electron chi connectivity index (χ4n) is 3.20. The van der Waals surface area contributed by atoms with Crippen LogP contribution in [0.5, 0.6) is 0 Å². The predicted molar refractivity (Wildman–Crippen MR) is 120 cm³/mol. The smallest absolute Gasteiger partial charge is 0.264 e. The average Bonchev–Trinajstić information content (AvgIpc) is 2.74. The van der Waals surface area contributed by atoms with Crippen LogP contribution in [0.4, 0.5) is 10.1 Å². The third-order valence-electron chi connectivity index (χ3n) is 5.21. The second-order valence-electron chi connectivity index (χ2n) is 7.53. The molecule has 0 unspecified atom stereocenters. The first kappa shape index (κ1) is 22.5. The van der Waals surface area contributed by atoms with Crippen LogP contribution in [0.25, 0.3) is 0 Å². The summed E-state index contributed by atoms with van der Waals surface area (Å²) in [6.45, 7) is 5.48. The van der Waals surface area contributed by atoms with Gasteiger partial charge in [0, 0.05) is 12.6 Å². The molecule has 3 aromatic rings. The molecule has 1 atom stereocenters. The van der Waals surface area contributed by atoms with Gasteiger partial charge in [0.2, 0.25) is 0 Å². The van der Waals surface area contributed by atoms with Gasteiger partial charge in [-0.15, -0.1) is 0 Å². The van der Waals surface area contributed by atoms with Crippen molar-refractivity contribution in [2.75, 3.05) is 11.4 Å². The standard InChI is InChI=1S/C24H25FN2O3S/c1-16-5-13-22(14-6-16)31(29,30)27(4)23-15-20(8-7-17(23)2)24(28)26-18(3)19-9-11-21(25)12-10-19/h5-15,18H,1-4H3,(H,26,28)/t18-/m0/s1. The van der Waals surface area contributed by atoms with E-state index in [9.17, 15) is 17.6 Å². The summed E-state index contributed by atoms with van der Waals surface area (Å²) in [6.07, 6.45) is 0. The van der Waals surface area contributed by atoms with Crippen molar-refractivity contribution in [2.45, 2.75) is 31.7 Å². The lowest BCUT2D eigenvalue weighted by molar-refractivity contribution is 0.0940. The fraction of sp³-hybridized carbons (Fsp3) is 0.208. The van der Waals surface area contributed by atoms with Crippen molar-refractivity contribution in [3.8, 4) is 0 Å². The van der Waals surface area contributed by atoms with Crippen LogP contribution in [-0.2, 0) is 10.0 Å². The van der Waals surface area contributed by atoms with Crippen molar-refractivity contribution in [1.82, 2.24) is 5.32 Å². The van der Waals surface area contributed by atoms with E-state index in [1.54, 1.807) is 68.4 Å². The predicted octanol–water partition coefficient (Wildman–Crippen LogP) is 4.76. The molecule has 0 aliphatic heterocycles. The Kier molecular flexibility index (Phi) is 6.45. The maximum absolute atomic E-state index is 13.1. The highest BCUT2D eigenvalue weighted by molar-refractivity contribution is 7.92. The van der Waals surface area contributed by atoms with E-state index in [-0.39, 0.29) is 22.7 Å². The molecule has 0 aromatic heterocycles. The van der Waals surface area contributed by atoms with E-state index in [4.69, 9.17) is 0 Å². The lowest BCUT2D eigenvalue weighted by atomic mass is 10.1. The van der Waals surface area contributed by atoms with Gasteiger partial charge in [0.15, 0.2) is 0 Å². The van der Waals surface area contributed by atoms with Crippen LogP contribution in [0.2, 0.25) is 0 Å². The molecule has 3 rings (SSSR count). The lowest BCUT2D eigenvalue weighted by Crippen LogP contribution is -2.29. The minimum absolute atomic E-state index is 0.180. The van der Waals surface area contributed by atoms with Crippen molar-refractivity contribution in [3.05, 3.63) is 94.8 Å². The Bertz CT molecular complexity index is 1190. The Labute approximate surface area is 182 Å². The molecule has 0 radical (unpaired) electrons. The molecule has 0 fully saturated rings. The van der Waals surface area contributed by atoms with Gasteiger partial charge in [0.05, 0.1) is 16.6 Å². The van der Waals surface area contributed by atoms with E-state index < -0.39 is 10.0 Å². The Hall–Kier alpha value is -3.19. The number of benzene rings is 3. The van der Waals surface area contributed by atoms with Gasteiger partial charge in [0.25, 0.3) is 15.9 Å². The number of nitrogens with one attached hydrogen (secondary N) is 1. The van der Waals surface area contributed by atoms with Crippen molar-refractivity contribution in [3.63, 3.8) is 0 Å². The molecule has 0 saturated carbocycles. The second kappa shape index (κ2) is 8.89. The molecule has 0 spiro atoms. The summed E-state index contributed by atoms with van der Waals surface area (Å²) in [5.74, 6) is -0.692. The number of carbonyl (C=O) groups is 1. The maximum atomic E-state index is 13.1. The Morgan fingerprint density at radius 2 is 1.58 bits per heavy atom. The van der Waals surface area contributed by atoms with E-state index in [2.05, 4.69) is 5.32 Å². The van der Waals surface area contributed by atoms with Gasteiger partial charge >= 0.3 is 0 Å². The number of halogens is 1. The first-order chi connectivity index (χ1) is 14.6. The molecule has 1 amide bonds. The summed E-state index contributed by atoms with van der Waals surface area (Å²) in [5, 5.41) is 2.86. The van der Waals surface area contributed by atoms with E-state index >= 15 is 0 Å². The Balaban J connectivity index is 1.86. The normalized spacial score (nSPS) is 12.3. The van der Waals surface area contributed by atoms with Crippen LogP contribution in [0.3, 0.4) is 0 Å². The average molecular weight is 441 g/mol. The third-order valence-corrected chi connectivity index (χ3v) is 6.99. The highest BCUT2D eigenvalue weighted by atomic mass is 32.2. The van der Waals surface area contributed by atoms with Crippen molar-refractivity contribution in [1.29, 1.82) is 0 Å². The quantitative estimate of drug-likeness (QED) is 0.601. The summed E-state index contributed by atoms with van der Waals surface area (Å²) >= 11 is 0. The topological polar surface area (TPSA) is 66.5 Å². The number of rotatable bonds is 6. The van der Waals surface area contributed by atoms with Gasteiger partial charge in [-0.3, -0.25) is 9.10 Å². The van der Waals surface area contributed by atoms with Crippen LogP contribution >= 0.6 is 0 Å². The molecular weight excluding hydrogens is 415 g/mol. The monoisotopic (exact) mass is 440 g/mol. The number of nitrogens with zero attached hydrogens (tertiary/aromatic N) is 1. The molecule has 1 N–H and O–H groups in total. The summed E-state index contributed by atoms with van der Waals surface area (Å²) in [5.41, 5.74) is 3.21. The molecule has 0 aliphatic carbocycles. The van der Waals surface area contributed by atoms with Crippen molar-refractivity contribution < 1.29 is 17.6 Å². The number of amides is 1. The molecule has 0 heterocycles. The molecule has 3 aromatic carbocycles. The SMILES string of the molecule is Cc1ccc(S(=O)(=O)N(C)c2cc(C(=O)N[C@@H](C)c3ccc(F)cc3)ccc2C)cc1. The molecular formula is C24H25FN2O3S. The first-order valence-electron chi connectivity index (χ1n) is 9.82. The summed E-state index contributed by atoms with van der Waals surface area (Å²) in [4.78, 5) is 13.0. The number of sulfonamides is 1. The lowest BCUT2D eigenvalue weighted by Gasteiger charge is -2.22. The van der Waals surface area contributed by atoms with Gasteiger partial charge in [0.1, 0.15) is 5.82 Å². The zero-order valence-corrected chi connectivity index (χ0v) is 18.7. The van der Waals surface area contributed by atoms with Crippen LogP contribution in [0.15, 0.2) is 71.6 Å². The number of anilines is 1. The van der Waals surface area contributed by atoms with Gasteiger partial charge in [-0.2, -0.15) is 0 Å². The molecule has 0 saturated heterocycles. The van der Waals surface area contributed by atoms with Crippen molar-refractivity contribution in [2.24, 2.45) is 0 Å². The molecule has 31 heavy (non-hydrogen) atoms. The Morgan fingerprint density at radius 3 is 2.19 bits per heavy atom. The number of carbonyl (C=O) groups excluding carboxylic acids is 1. The Morgan fingerprint density at radius 1 is 0.968 bits per heavy atom. The molecule has 7 heteroatoms. The number of aryl methyl sites for hydroxylation is 2. The molecule has 162 valence electrons. The van der Waals surface area contributed by atoms with E-state index in [0.717, 1.165) is 16.7 Å². The molecule has 0 aliphatic rings. The van der Waals surface area contributed by atoms with Crippen LogP contribution in [0, 0.1) is 19.7 Å². The van der Waals surface area contributed by atoms with Gasteiger partial charge < -0.3 is 5.32 Å². The van der Waals surface area contributed by atoms with E-state index in [1.807, 2.05) is 6.92 Å². The zero-order valence-electron chi connectivity index (χ0n) is 17.9. The summed E-state index contributed by atoms with van der Waals surface area (Å²) < 4.78 is 40.4. The van der Waals surface area contributed by atoms with E-state index in [0.29, 0.717) is 11.3 Å². The molecule has 0 bridgehead atoms. The third kappa shape index (κ3) is 4.94. The first-order valence-corrected chi connectivity index (χ1v) is 11.3. The van der Waals surface area contributed by atoms with Gasteiger partial charge in [-0.25, -0.2) is 12.8 Å². The summed E-state index contributed by atoms with van der Waals surface area (Å²) in [7, 11) is -2.31. The number of hydrogen-bond acceptors (Lipinski definition) is 3. The highest BCUT2D eigenvalue weighted by Gasteiger charge is 2.23. The fourth-order valence-corrected chi connectivity index (χ4v) is 4.45. The van der Waals surface area contributed by atoms with Gasteiger partial charge in [-0.05, 0) is 68.3 Å². The second-order valence-corrected chi connectivity index (χ2v) is 9.50. The highest BCUT2D eigenvalue weighted by Crippen LogP contribution is 2.27. The maximum Gasteiger partial charge on any atom is 0.264 e. The van der Waals surface area contributed by atoms with Crippen LogP contribution in [-0.4, -0.2) is 21.4 Å². The minimum Gasteiger partial charge on any atom is -0.346 e. The summed E-state index contributed by atoms with van der Waals surface area (Å²) in [6, 6.07) is 17.1. The van der Waals surface area contributed by atoms with E-state index in [1.165, 1.54) is 23.5 Å². The number of hydrogen-bond donors (Lipinski definition) is 1. The minimum atomic E-state index is -3.78. The molecule has 5 nitrogen and oxygen atoms in total. The van der Waals surface area contributed by atoms with Crippen LogP contribution < -0.4 is 9.62 Å². The largest absolute Gasteiger partial charge is 0.346 e. The van der Waals surface area contributed by atoms with Gasteiger partial charge in [-0.1, -0.05) is 35.9 Å². The van der Waals surface area contributed by atoms with Crippen LogP contribution in [0.1, 0.15) is 40.0 Å².